The van der Waals surface area contributed by atoms with Crippen LogP contribution < -0.4 is 10.1 Å². The molecule has 1 N–H and O–H groups in total. The predicted octanol–water partition coefficient (Wildman–Crippen LogP) is 5.70. The molecule has 0 spiro atoms. The molecule has 0 unspecified atom stereocenters. The van der Waals surface area contributed by atoms with E-state index in [2.05, 4.69) is 21.2 Å². The standard InChI is InChI=1S/C18H13BrCl2N2O2/c1-2-25-17-6-3-13(19)8-11(17)7-12(10-22)18(24)23-16-9-14(20)4-5-15(16)21/h3-9H,2H2,1H3,(H,23,24)/b12-7-. The zero-order valence-electron chi connectivity index (χ0n) is 13.1. The number of ether oxygens (including phenoxy) is 1. The molecule has 25 heavy (non-hydrogen) atoms. The highest BCUT2D eigenvalue weighted by atomic mass is 79.9. The van der Waals surface area contributed by atoms with Gasteiger partial charge in [0.1, 0.15) is 17.4 Å². The first-order valence-corrected chi connectivity index (χ1v) is 8.80. The third kappa shape index (κ3) is 5.23. The van der Waals surface area contributed by atoms with E-state index in [1.165, 1.54) is 12.1 Å². The van der Waals surface area contributed by atoms with E-state index in [0.717, 1.165) is 4.47 Å². The molecular formula is C18H13BrCl2N2O2. The smallest absolute Gasteiger partial charge is 0.266 e. The number of nitriles is 1. The molecular weight excluding hydrogens is 427 g/mol. The van der Waals surface area contributed by atoms with E-state index in [9.17, 15) is 10.1 Å². The molecule has 0 saturated carbocycles. The van der Waals surface area contributed by atoms with Crippen LogP contribution in [0.3, 0.4) is 0 Å². The van der Waals surface area contributed by atoms with Gasteiger partial charge in [-0.3, -0.25) is 4.79 Å². The van der Waals surface area contributed by atoms with E-state index < -0.39 is 5.91 Å². The number of amides is 1. The lowest BCUT2D eigenvalue weighted by Crippen LogP contribution is -2.13. The number of halogens is 3. The Hall–Kier alpha value is -2.00. The van der Waals surface area contributed by atoms with Crippen molar-refractivity contribution in [2.24, 2.45) is 0 Å². The van der Waals surface area contributed by atoms with Crippen molar-refractivity contribution in [2.75, 3.05) is 11.9 Å². The fraction of sp³-hybridized carbons (Fsp3) is 0.111. The first-order valence-electron chi connectivity index (χ1n) is 7.25. The highest BCUT2D eigenvalue weighted by Crippen LogP contribution is 2.28. The van der Waals surface area contributed by atoms with E-state index in [4.69, 9.17) is 27.9 Å². The Kier molecular flexibility index (Phi) is 6.89. The number of carbonyl (C=O) groups is 1. The van der Waals surface area contributed by atoms with Crippen LogP contribution in [0.4, 0.5) is 5.69 Å². The number of nitrogens with zero attached hydrogens (tertiary/aromatic N) is 1. The molecule has 0 aliphatic rings. The van der Waals surface area contributed by atoms with Gasteiger partial charge < -0.3 is 10.1 Å². The minimum atomic E-state index is -0.589. The van der Waals surface area contributed by atoms with Crippen molar-refractivity contribution < 1.29 is 9.53 Å². The van der Waals surface area contributed by atoms with Crippen LogP contribution in [0.2, 0.25) is 10.0 Å². The number of carbonyl (C=O) groups excluding carboxylic acids is 1. The van der Waals surface area contributed by atoms with Gasteiger partial charge >= 0.3 is 0 Å². The van der Waals surface area contributed by atoms with Gasteiger partial charge in [-0.1, -0.05) is 39.1 Å². The number of anilines is 1. The quantitative estimate of drug-likeness (QED) is 0.480. The summed E-state index contributed by atoms with van der Waals surface area (Å²) in [6, 6.07) is 11.9. The molecule has 4 nitrogen and oxygen atoms in total. The van der Waals surface area contributed by atoms with Gasteiger partial charge in [-0.05, 0) is 49.4 Å². The van der Waals surface area contributed by atoms with Gasteiger partial charge in [0.2, 0.25) is 0 Å². The fourth-order valence-corrected chi connectivity index (χ4v) is 2.72. The van der Waals surface area contributed by atoms with Gasteiger partial charge in [0.05, 0.1) is 17.3 Å². The molecule has 0 atom stereocenters. The largest absolute Gasteiger partial charge is 0.493 e. The molecule has 7 heteroatoms. The maximum Gasteiger partial charge on any atom is 0.266 e. The van der Waals surface area contributed by atoms with Crippen molar-refractivity contribution in [1.29, 1.82) is 5.26 Å². The first-order chi connectivity index (χ1) is 11.9. The summed E-state index contributed by atoms with van der Waals surface area (Å²) in [5, 5.41) is 12.7. The van der Waals surface area contributed by atoms with Gasteiger partial charge in [-0.2, -0.15) is 5.26 Å². The highest BCUT2D eigenvalue weighted by molar-refractivity contribution is 9.10. The lowest BCUT2D eigenvalue weighted by atomic mass is 10.1. The Bertz CT molecular complexity index is 876. The van der Waals surface area contributed by atoms with E-state index >= 15 is 0 Å². The lowest BCUT2D eigenvalue weighted by molar-refractivity contribution is -0.112. The summed E-state index contributed by atoms with van der Waals surface area (Å²) in [5.41, 5.74) is 0.856. The van der Waals surface area contributed by atoms with Gasteiger partial charge in [-0.15, -0.1) is 0 Å². The fourth-order valence-electron chi connectivity index (χ4n) is 2.01. The molecule has 2 aromatic rings. The molecule has 0 aliphatic carbocycles. The Morgan fingerprint density at radius 2 is 2.08 bits per heavy atom. The molecule has 2 rings (SSSR count). The van der Waals surface area contributed by atoms with Gasteiger partial charge in [-0.25, -0.2) is 0 Å². The van der Waals surface area contributed by atoms with E-state index in [0.29, 0.717) is 33.7 Å². The molecule has 0 fully saturated rings. The number of hydrogen-bond acceptors (Lipinski definition) is 3. The summed E-state index contributed by atoms with van der Waals surface area (Å²) in [4.78, 5) is 12.4. The van der Waals surface area contributed by atoms with Crippen LogP contribution in [-0.4, -0.2) is 12.5 Å². The van der Waals surface area contributed by atoms with E-state index in [1.807, 2.05) is 19.1 Å². The van der Waals surface area contributed by atoms with Crippen molar-refractivity contribution in [3.8, 4) is 11.8 Å². The van der Waals surface area contributed by atoms with Gasteiger partial charge in [0, 0.05) is 15.1 Å². The highest BCUT2D eigenvalue weighted by Gasteiger charge is 2.13. The zero-order chi connectivity index (χ0) is 18.4. The second-order valence-corrected chi connectivity index (χ2v) is 6.62. The Balaban J connectivity index is 2.34. The van der Waals surface area contributed by atoms with Crippen LogP contribution in [0.25, 0.3) is 6.08 Å². The molecule has 0 radical (unpaired) electrons. The van der Waals surface area contributed by atoms with E-state index in [-0.39, 0.29) is 5.57 Å². The molecule has 0 bridgehead atoms. The first kappa shape index (κ1) is 19.3. The third-order valence-corrected chi connectivity index (χ3v) is 4.17. The minimum absolute atomic E-state index is 0.0879. The molecule has 2 aromatic carbocycles. The maximum absolute atomic E-state index is 12.4. The average molecular weight is 440 g/mol. The van der Waals surface area contributed by atoms with Crippen molar-refractivity contribution in [3.05, 3.63) is 62.1 Å². The van der Waals surface area contributed by atoms with Crippen molar-refractivity contribution in [1.82, 2.24) is 0 Å². The molecule has 0 saturated heterocycles. The monoisotopic (exact) mass is 438 g/mol. The summed E-state index contributed by atoms with van der Waals surface area (Å²) in [7, 11) is 0. The number of nitrogens with one attached hydrogen (secondary N) is 1. The van der Waals surface area contributed by atoms with Gasteiger partial charge in [0.15, 0.2) is 0 Å². The zero-order valence-corrected chi connectivity index (χ0v) is 16.2. The second-order valence-electron chi connectivity index (χ2n) is 4.86. The molecule has 0 aliphatic heterocycles. The summed E-state index contributed by atoms with van der Waals surface area (Å²) >= 11 is 15.3. The van der Waals surface area contributed by atoms with Crippen LogP contribution in [0.15, 0.2) is 46.4 Å². The molecule has 0 aromatic heterocycles. The van der Waals surface area contributed by atoms with Crippen molar-refractivity contribution in [2.45, 2.75) is 6.92 Å². The summed E-state index contributed by atoms with van der Waals surface area (Å²) in [6.45, 7) is 2.32. The van der Waals surface area contributed by atoms with Crippen LogP contribution in [0.5, 0.6) is 5.75 Å². The molecule has 1 amide bonds. The Morgan fingerprint density at radius 3 is 2.76 bits per heavy atom. The van der Waals surface area contributed by atoms with Crippen LogP contribution in [0, 0.1) is 11.3 Å². The van der Waals surface area contributed by atoms with Crippen LogP contribution >= 0.6 is 39.1 Å². The number of hydrogen-bond donors (Lipinski definition) is 1. The summed E-state index contributed by atoms with van der Waals surface area (Å²) < 4.78 is 6.33. The SMILES string of the molecule is CCOc1ccc(Br)cc1/C=C(/C#N)C(=O)Nc1cc(Cl)ccc1Cl. The van der Waals surface area contributed by atoms with Gasteiger partial charge in [0.25, 0.3) is 5.91 Å². The molecule has 0 heterocycles. The Morgan fingerprint density at radius 1 is 1.32 bits per heavy atom. The maximum atomic E-state index is 12.4. The minimum Gasteiger partial charge on any atom is -0.493 e. The van der Waals surface area contributed by atoms with Crippen molar-refractivity contribution in [3.63, 3.8) is 0 Å². The van der Waals surface area contributed by atoms with Crippen LogP contribution in [0.1, 0.15) is 12.5 Å². The lowest BCUT2D eigenvalue weighted by Gasteiger charge is -2.09. The second kappa shape index (κ2) is 8.91. The molecule has 128 valence electrons. The average Bonchev–Trinajstić information content (AvgIpc) is 2.58. The van der Waals surface area contributed by atoms with Crippen LogP contribution in [-0.2, 0) is 4.79 Å². The normalized spacial score (nSPS) is 10.9. The third-order valence-electron chi connectivity index (χ3n) is 3.11. The number of rotatable bonds is 5. The summed E-state index contributed by atoms with van der Waals surface area (Å²) in [6.07, 6.45) is 1.46. The summed E-state index contributed by atoms with van der Waals surface area (Å²) in [5.74, 6) is -0.0128. The predicted molar refractivity (Wildman–Crippen MR) is 104 cm³/mol. The van der Waals surface area contributed by atoms with Crippen molar-refractivity contribution >= 4 is 56.8 Å². The van der Waals surface area contributed by atoms with E-state index in [1.54, 1.807) is 24.3 Å². The Labute approximate surface area is 164 Å². The topological polar surface area (TPSA) is 62.1 Å². The number of benzene rings is 2.